The average molecular weight is 209 g/mol. The fraction of sp³-hybridized carbons (Fsp3) is 0.333. The third-order valence-electron chi connectivity index (χ3n) is 1.56. The molecule has 5 heteroatoms. The van der Waals surface area contributed by atoms with E-state index >= 15 is 0 Å². The molecule has 0 amide bonds. The van der Waals surface area contributed by atoms with E-state index < -0.39 is 24.1 Å². The van der Waals surface area contributed by atoms with Gasteiger partial charge in [0.25, 0.3) is 5.92 Å². The van der Waals surface area contributed by atoms with Crippen molar-refractivity contribution in [3.05, 3.63) is 35.9 Å². The molecule has 0 bridgehead atoms. The molecule has 0 unspecified atom stereocenters. The van der Waals surface area contributed by atoms with Crippen molar-refractivity contribution in [1.29, 1.82) is 0 Å². The van der Waals surface area contributed by atoms with E-state index in [9.17, 15) is 22.0 Å². The molecule has 0 aliphatic carbocycles. The van der Waals surface area contributed by atoms with E-state index in [2.05, 4.69) is 6.07 Å². The fourth-order valence-corrected chi connectivity index (χ4v) is 0.985. The van der Waals surface area contributed by atoms with E-state index in [-0.39, 0.29) is 0 Å². The molecule has 0 fully saturated rings. The van der Waals surface area contributed by atoms with Crippen molar-refractivity contribution in [3.63, 3.8) is 0 Å². The summed E-state index contributed by atoms with van der Waals surface area (Å²) in [5.41, 5.74) is -0.645. The van der Waals surface area contributed by atoms with Gasteiger partial charge in [0.15, 0.2) is 0 Å². The van der Waals surface area contributed by atoms with Crippen LogP contribution in [0.1, 0.15) is 12.0 Å². The molecule has 14 heavy (non-hydrogen) atoms. The Morgan fingerprint density at radius 2 is 1.50 bits per heavy atom. The molecular formula is C9H6F5. The van der Waals surface area contributed by atoms with Gasteiger partial charge in [-0.05, 0) is 6.07 Å². The van der Waals surface area contributed by atoms with Crippen LogP contribution in [0.25, 0.3) is 0 Å². The zero-order valence-corrected chi connectivity index (χ0v) is 6.91. The number of halogens is 5. The highest BCUT2D eigenvalue weighted by Gasteiger charge is 2.44. The zero-order chi connectivity index (χ0) is 10.8. The molecular weight excluding hydrogens is 203 g/mol. The zero-order valence-electron chi connectivity index (χ0n) is 6.91. The third-order valence-corrected chi connectivity index (χ3v) is 1.56. The van der Waals surface area contributed by atoms with Crippen molar-refractivity contribution in [2.24, 2.45) is 0 Å². The summed E-state index contributed by atoms with van der Waals surface area (Å²) in [5.74, 6) is -3.87. The van der Waals surface area contributed by atoms with E-state index in [0.717, 1.165) is 24.3 Å². The first kappa shape index (κ1) is 10.9. The van der Waals surface area contributed by atoms with Crippen molar-refractivity contribution in [1.82, 2.24) is 0 Å². The monoisotopic (exact) mass is 209 g/mol. The van der Waals surface area contributed by atoms with Gasteiger partial charge < -0.3 is 0 Å². The maximum Gasteiger partial charge on any atom is 0.395 e. The summed E-state index contributed by atoms with van der Waals surface area (Å²) in [6, 6.07) is 6.60. The Morgan fingerprint density at radius 1 is 1.00 bits per heavy atom. The van der Waals surface area contributed by atoms with Gasteiger partial charge >= 0.3 is 6.18 Å². The minimum absolute atomic E-state index is 0.645. The Morgan fingerprint density at radius 3 is 1.93 bits per heavy atom. The largest absolute Gasteiger partial charge is 0.395 e. The molecule has 1 radical (unpaired) electrons. The normalized spacial score (nSPS) is 12.9. The molecule has 0 nitrogen and oxygen atoms in total. The highest BCUT2D eigenvalue weighted by Crippen LogP contribution is 2.38. The second-order valence-electron chi connectivity index (χ2n) is 2.79. The second kappa shape index (κ2) is 3.55. The fourth-order valence-electron chi connectivity index (χ4n) is 0.985. The van der Waals surface area contributed by atoms with Gasteiger partial charge in [-0.25, -0.2) is 8.78 Å². The van der Waals surface area contributed by atoms with Crippen LogP contribution in [0.4, 0.5) is 22.0 Å². The van der Waals surface area contributed by atoms with Crippen LogP contribution in [0.2, 0.25) is 0 Å². The standard InChI is InChI=1S/C9H6F5/c10-8(11,6-9(12,13)14)7-4-2-1-3-5-7/h2-5H,6H2. The summed E-state index contributed by atoms with van der Waals surface area (Å²) in [6.45, 7) is 0. The second-order valence-corrected chi connectivity index (χ2v) is 2.79. The highest BCUT2D eigenvalue weighted by atomic mass is 19.4. The van der Waals surface area contributed by atoms with Crippen LogP contribution in [-0.2, 0) is 5.92 Å². The quantitative estimate of drug-likeness (QED) is 0.653. The van der Waals surface area contributed by atoms with Crippen molar-refractivity contribution in [2.75, 3.05) is 0 Å². The molecule has 0 spiro atoms. The molecule has 1 rings (SSSR count). The molecule has 0 aliphatic rings. The molecule has 1 aromatic carbocycles. The first-order chi connectivity index (χ1) is 6.31. The van der Waals surface area contributed by atoms with Crippen molar-refractivity contribution >= 4 is 0 Å². The summed E-state index contributed by atoms with van der Waals surface area (Å²) in [4.78, 5) is 0. The Kier molecular flexibility index (Phi) is 2.78. The van der Waals surface area contributed by atoms with Crippen LogP contribution >= 0.6 is 0 Å². The van der Waals surface area contributed by atoms with Crippen LogP contribution in [0.3, 0.4) is 0 Å². The Bertz CT molecular complexity index is 288. The predicted octanol–water partition coefficient (Wildman–Crippen LogP) is 3.53. The van der Waals surface area contributed by atoms with Crippen LogP contribution in [0, 0.1) is 6.07 Å². The minimum atomic E-state index is -4.87. The molecule has 77 valence electrons. The Hall–Kier alpha value is -1.13. The summed E-state index contributed by atoms with van der Waals surface area (Å²) in [5, 5.41) is 0. The van der Waals surface area contributed by atoms with Gasteiger partial charge in [0.05, 0.1) is 0 Å². The molecule has 1 aromatic rings. The number of hydrogen-bond acceptors (Lipinski definition) is 0. The van der Waals surface area contributed by atoms with Crippen LogP contribution in [0.5, 0.6) is 0 Å². The van der Waals surface area contributed by atoms with Gasteiger partial charge in [0.1, 0.15) is 6.42 Å². The van der Waals surface area contributed by atoms with Gasteiger partial charge in [-0.3, -0.25) is 0 Å². The summed E-state index contributed by atoms with van der Waals surface area (Å²) >= 11 is 0. The maximum absolute atomic E-state index is 12.9. The number of rotatable bonds is 2. The lowest BCUT2D eigenvalue weighted by Gasteiger charge is -2.18. The lowest BCUT2D eigenvalue weighted by molar-refractivity contribution is -0.190. The number of benzene rings is 1. The Labute approximate surface area is 77.4 Å². The van der Waals surface area contributed by atoms with Crippen LogP contribution in [0.15, 0.2) is 24.3 Å². The van der Waals surface area contributed by atoms with E-state index in [1.54, 1.807) is 0 Å². The van der Waals surface area contributed by atoms with E-state index in [1.807, 2.05) is 0 Å². The Balaban J connectivity index is 2.86. The summed E-state index contributed by atoms with van der Waals surface area (Å²) in [6.07, 6.45) is -7.01. The number of alkyl halides is 5. The molecule has 0 atom stereocenters. The lowest BCUT2D eigenvalue weighted by atomic mass is 10.1. The predicted molar refractivity (Wildman–Crippen MR) is 39.8 cm³/mol. The van der Waals surface area contributed by atoms with Gasteiger partial charge in [-0.1, -0.05) is 24.3 Å². The maximum atomic E-state index is 12.9. The smallest absolute Gasteiger partial charge is 0.201 e. The van der Waals surface area contributed by atoms with E-state index in [1.165, 1.54) is 0 Å². The summed E-state index contributed by atoms with van der Waals surface area (Å²) in [7, 11) is 0. The first-order valence-electron chi connectivity index (χ1n) is 3.72. The van der Waals surface area contributed by atoms with Gasteiger partial charge in [0, 0.05) is 5.56 Å². The molecule has 0 heterocycles. The highest BCUT2D eigenvalue weighted by molar-refractivity contribution is 5.19. The van der Waals surface area contributed by atoms with Crippen molar-refractivity contribution < 1.29 is 22.0 Å². The number of hydrogen-bond donors (Lipinski definition) is 0. The molecule has 0 N–H and O–H groups in total. The molecule has 0 saturated carbocycles. The SMILES string of the molecule is FC(F)(F)CC(F)(F)c1cc[c]cc1. The van der Waals surface area contributed by atoms with E-state index in [0.29, 0.717) is 0 Å². The van der Waals surface area contributed by atoms with E-state index in [4.69, 9.17) is 0 Å². The third kappa shape index (κ3) is 2.97. The summed E-state index contributed by atoms with van der Waals surface area (Å²) < 4.78 is 61.1. The minimum Gasteiger partial charge on any atom is -0.201 e. The molecule has 0 aromatic heterocycles. The lowest BCUT2D eigenvalue weighted by Crippen LogP contribution is -2.23. The van der Waals surface area contributed by atoms with Crippen molar-refractivity contribution in [3.8, 4) is 0 Å². The van der Waals surface area contributed by atoms with Gasteiger partial charge in [-0.2, -0.15) is 13.2 Å². The van der Waals surface area contributed by atoms with Crippen LogP contribution in [-0.4, -0.2) is 6.18 Å². The van der Waals surface area contributed by atoms with Crippen LogP contribution < -0.4 is 0 Å². The molecule has 0 aliphatic heterocycles. The topological polar surface area (TPSA) is 0 Å². The first-order valence-corrected chi connectivity index (χ1v) is 3.72. The van der Waals surface area contributed by atoms with Gasteiger partial charge in [0.2, 0.25) is 0 Å². The molecule has 0 saturated heterocycles. The van der Waals surface area contributed by atoms with Crippen molar-refractivity contribution in [2.45, 2.75) is 18.5 Å². The average Bonchev–Trinajstić information content (AvgIpc) is 2.01. The van der Waals surface area contributed by atoms with Gasteiger partial charge in [-0.15, -0.1) is 0 Å².